The Labute approximate surface area is 176 Å². The van der Waals surface area contributed by atoms with Gasteiger partial charge in [-0.2, -0.15) is 13.2 Å². The standard InChI is InChI=1S/C23H22F3N3O2/c24-23(25,26)16-7-5-14(6-8-16)18-11-15-12-28(13-19(15)18)9-10-29-21(30)17-3-1-2-4-20(17)27-22(29)31/h1-8,15,18-19H,9-13H2,(H,27,31). The van der Waals surface area contributed by atoms with Crippen molar-refractivity contribution in [3.8, 4) is 0 Å². The van der Waals surface area contributed by atoms with Crippen molar-refractivity contribution in [1.29, 1.82) is 0 Å². The Morgan fingerprint density at radius 3 is 2.45 bits per heavy atom. The van der Waals surface area contributed by atoms with Crippen LogP contribution in [0.2, 0.25) is 0 Å². The number of hydrogen-bond acceptors (Lipinski definition) is 3. The van der Waals surface area contributed by atoms with Crippen molar-refractivity contribution in [3.05, 3.63) is 80.5 Å². The average Bonchev–Trinajstić information content (AvgIpc) is 3.03. The van der Waals surface area contributed by atoms with Gasteiger partial charge in [0.15, 0.2) is 0 Å². The van der Waals surface area contributed by atoms with Crippen LogP contribution in [-0.2, 0) is 12.7 Å². The Bertz CT molecular complexity index is 1230. The highest BCUT2D eigenvalue weighted by molar-refractivity contribution is 5.76. The van der Waals surface area contributed by atoms with Crippen LogP contribution in [0.25, 0.3) is 10.9 Å². The van der Waals surface area contributed by atoms with E-state index in [9.17, 15) is 22.8 Å². The zero-order valence-electron chi connectivity index (χ0n) is 16.7. The van der Waals surface area contributed by atoms with E-state index in [1.165, 1.54) is 4.57 Å². The molecule has 1 saturated heterocycles. The number of para-hydroxylation sites is 1. The minimum Gasteiger partial charge on any atom is -0.307 e. The summed E-state index contributed by atoms with van der Waals surface area (Å²) in [6.45, 7) is 2.62. The lowest BCUT2D eigenvalue weighted by molar-refractivity contribution is -0.137. The van der Waals surface area contributed by atoms with E-state index in [0.717, 1.165) is 37.2 Å². The van der Waals surface area contributed by atoms with Gasteiger partial charge in [0, 0.05) is 26.2 Å². The second-order valence-corrected chi connectivity index (χ2v) is 8.58. The molecule has 2 heterocycles. The van der Waals surface area contributed by atoms with E-state index in [0.29, 0.717) is 35.8 Å². The summed E-state index contributed by atoms with van der Waals surface area (Å²) in [5, 5.41) is 0.492. The second-order valence-electron chi connectivity index (χ2n) is 8.58. The smallest absolute Gasteiger partial charge is 0.307 e. The SMILES string of the molecule is O=c1[nH]c2ccccc2c(=O)n1CCN1CC2CC(c3ccc(C(F)(F)F)cc3)C2C1. The summed E-state index contributed by atoms with van der Waals surface area (Å²) >= 11 is 0. The molecular formula is C23H22F3N3O2. The fourth-order valence-corrected chi connectivity index (χ4v) is 5.13. The molecule has 0 amide bonds. The second kappa shape index (κ2) is 7.37. The lowest BCUT2D eigenvalue weighted by Gasteiger charge is -2.40. The van der Waals surface area contributed by atoms with Crippen LogP contribution in [-0.4, -0.2) is 34.1 Å². The van der Waals surface area contributed by atoms with E-state index >= 15 is 0 Å². The molecule has 162 valence electrons. The maximum atomic E-state index is 12.8. The van der Waals surface area contributed by atoms with Gasteiger partial charge in [-0.1, -0.05) is 24.3 Å². The molecule has 0 bridgehead atoms. The topological polar surface area (TPSA) is 58.1 Å². The Hall–Kier alpha value is -2.87. The normalized spacial score (nSPS) is 23.6. The summed E-state index contributed by atoms with van der Waals surface area (Å²) < 4.78 is 39.6. The van der Waals surface area contributed by atoms with Crippen molar-refractivity contribution >= 4 is 10.9 Å². The van der Waals surface area contributed by atoms with E-state index in [4.69, 9.17) is 0 Å². The van der Waals surface area contributed by atoms with Crippen molar-refractivity contribution in [2.24, 2.45) is 11.8 Å². The molecule has 5 rings (SSSR count). The van der Waals surface area contributed by atoms with Gasteiger partial charge in [0.1, 0.15) is 0 Å². The highest BCUT2D eigenvalue weighted by Crippen LogP contribution is 2.51. The molecule has 3 aromatic rings. The number of alkyl halides is 3. The lowest BCUT2D eigenvalue weighted by atomic mass is 9.64. The zero-order chi connectivity index (χ0) is 21.8. The van der Waals surface area contributed by atoms with Crippen LogP contribution >= 0.6 is 0 Å². The Balaban J connectivity index is 1.25. The minimum atomic E-state index is -4.32. The zero-order valence-corrected chi connectivity index (χ0v) is 16.7. The molecule has 8 heteroatoms. The van der Waals surface area contributed by atoms with Gasteiger partial charge in [-0.15, -0.1) is 0 Å². The van der Waals surface area contributed by atoms with E-state index in [1.807, 2.05) is 0 Å². The quantitative estimate of drug-likeness (QED) is 0.691. The van der Waals surface area contributed by atoms with Gasteiger partial charge < -0.3 is 9.88 Å². The number of benzene rings is 2. The summed E-state index contributed by atoms with van der Waals surface area (Å²) in [6, 6.07) is 12.5. The Morgan fingerprint density at radius 2 is 1.71 bits per heavy atom. The van der Waals surface area contributed by atoms with Crippen LogP contribution in [0.15, 0.2) is 58.1 Å². The van der Waals surface area contributed by atoms with Crippen LogP contribution in [0, 0.1) is 11.8 Å². The summed E-state index contributed by atoms with van der Waals surface area (Å²) in [5.74, 6) is 1.19. The molecule has 3 atom stereocenters. The van der Waals surface area contributed by atoms with E-state index in [-0.39, 0.29) is 11.5 Å². The highest BCUT2D eigenvalue weighted by atomic mass is 19.4. The third-order valence-corrected chi connectivity index (χ3v) is 6.84. The molecule has 2 aromatic carbocycles. The summed E-state index contributed by atoms with van der Waals surface area (Å²) in [4.78, 5) is 30.0. The Kier molecular flexibility index (Phi) is 4.77. The summed E-state index contributed by atoms with van der Waals surface area (Å²) in [6.07, 6.45) is -3.35. The molecule has 0 spiro atoms. The molecule has 1 aliphatic carbocycles. The van der Waals surface area contributed by atoms with Gasteiger partial charge in [0.25, 0.3) is 5.56 Å². The summed E-state index contributed by atoms with van der Waals surface area (Å²) in [7, 11) is 0. The predicted octanol–water partition coefficient (Wildman–Crippen LogP) is 3.44. The number of fused-ring (bicyclic) bond motifs is 2. The molecule has 31 heavy (non-hydrogen) atoms. The third kappa shape index (κ3) is 3.59. The van der Waals surface area contributed by atoms with Crippen molar-refractivity contribution in [2.75, 3.05) is 19.6 Å². The van der Waals surface area contributed by atoms with Gasteiger partial charge >= 0.3 is 11.9 Å². The van der Waals surface area contributed by atoms with Crippen molar-refractivity contribution in [3.63, 3.8) is 0 Å². The fourth-order valence-electron chi connectivity index (χ4n) is 5.13. The predicted molar refractivity (Wildman–Crippen MR) is 111 cm³/mol. The number of aromatic amines is 1. The minimum absolute atomic E-state index is 0.268. The van der Waals surface area contributed by atoms with Crippen LogP contribution in [0.1, 0.15) is 23.5 Å². The molecule has 1 N–H and O–H groups in total. The molecule has 2 aliphatic rings. The maximum absolute atomic E-state index is 12.8. The fraction of sp³-hybridized carbons (Fsp3) is 0.391. The molecular weight excluding hydrogens is 407 g/mol. The first-order valence-corrected chi connectivity index (χ1v) is 10.4. The molecule has 3 unspecified atom stereocenters. The number of nitrogens with one attached hydrogen (secondary N) is 1. The van der Waals surface area contributed by atoms with Gasteiger partial charge in [0.2, 0.25) is 0 Å². The van der Waals surface area contributed by atoms with Gasteiger partial charge in [0.05, 0.1) is 16.5 Å². The maximum Gasteiger partial charge on any atom is 0.416 e. The van der Waals surface area contributed by atoms with Crippen molar-refractivity contribution in [1.82, 2.24) is 14.5 Å². The molecule has 1 aliphatic heterocycles. The van der Waals surface area contributed by atoms with Crippen LogP contribution < -0.4 is 11.2 Å². The largest absolute Gasteiger partial charge is 0.416 e. The first-order chi connectivity index (χ1) is 14.8. The van der Waals surface area contributed by atoms with E-state index in [1.54, 1.807) is 36.4 Å². The van der Waals surface area contributed by atoms with Gasteiger partial charge in [-0.05, 0) is 54.0 Å². The first-order valence-electron chi connectivity index (χ1n) is 10.4. The Morgan fingerprint density at radius 1 is 0.968 bits per heavy atom. The molecule has 1 saturated carbocycles. The van der Waals surface area contributed by atoms with E-state index in [2.05, 4.69) is 9.88 Å². The first kappa shape index (κ1) is 20.1. The van der Waals surface area contributed by atoms with Crippen LogP contribution in [0.3, 0.4) is 0 Å². The molecule has 2 fully saturated rings. The van der Waals surface area contributed by atoms with E-state index < -0.39 is 17.4 Å². The van der Waals surface area contributed by atoms with Crippen molar-refractivity contribution < 1.29 is 13.2 Å². The number of nitrogens with zero attached hydrogens (tertiary/aromatic N) is 2. The van der Waals surface area contributed by atoms with Crippen LogP contribution in [0.4, 0.5) is 13.2 Å². The molecule has 5 nitrogen and oxygen atoms in total. The number of rotatable bonds is 4. The molecule has 0 radical (unpaired) electrons. The van der Waals surface area contributed by atoms with Gasteiger partial charge in [-0.3, -0.25) is 9.36 Å². The summed E-state index contributed by atoms with van der Waals surface area (Å²) in [5.41, 5.74) is 0.175. The third-order valence-electron chi connectivity index (χ3n) is 6.84. The van der Waals surface area contributed by atoms with Crippen molar-refractivity contribution in [2.45, 2.75) is 25.1 Å². The van der Waals surface area contributed by atoms with Crippen LogP contribution in [0.5, 0.6) is 0 Å². The number of hydrogen-bond donors (Lipinski definition) is 1. The average molecular weight is 429 g/mol. The number of aromatic nitrogens is 2. The van der Waals surface area contributed by atoms with Gasteiger partial charge in [-0.25, -0.2) is 4.79 Å². The number of halogens is 3. The monoisotopic (exact) mass is 429 g/mol. The number of H-pyrrole nitrogens is 1. The lowest BCUT2D eigenvalue weighted by Crippen LogP contribution is -2.38. The highest BCUT2D eigenvalue weighted by Gasteiger charge is 2.47. The number of likely N-dealkylation sites (tertiary alicyclic amines) is 1. The molecule has 1 aromatic heterocycles.